The molecule has 7 rings (SSSR count). The monoisotopic (exact) mass is 413 g/mol. The minimum atomic E-state index is -0.509. The van der Waals surface area contributed by atoms with Crippen LogP contribution in [0, 0.1) is 35.5 Å². The summed E-state index contributed by atoms with van der Waals surface area (Å²) in [5.74, 6) is 0.695. The summed E-state index contributed by atoms with van der Waals surface area (Å²) >= 11 is 0. The molecule has 5 aliphatic rings. The number of anilines is 1. The summed E-state index contributed by atoms with van der Waals surface area (Å²) in [5.41, 5.74) is 1.93. The van der Waals surface area contributed by atoms with Crippen LogP contribution in [0.4, 0.5) is 5.69 Å². The molecule has 1 aliphatic heterocycles. The summed E-state index contributed by atoms with van der Waals surface area (Å²) in [7, 11) is 0. The van der Waals surface area contributed by atoms with Gasteiger partial charge in [0.2, 0.25) is 11.8 Å². The number of amides is 2. The van der Waals surface area contributed by atoms with E-state index in [1.54, 1.807) is 36.4 Å². The zero-order valence-corrected chi connectivity index (χ0v) is 17.2. The first-order valence-electron chi connectivity index (χ1n) is 11.0. The predicted octanol–water partition coefficient (Wildman–Crippen LogP) is 4.03. The van der Waals surface area contributed by atoms with Crippen LogP contribution in [0.25, 0.3) is 0 Å². The molecule has 31 heavy (non-hydrogen) atoms. The van der Waals surface area contributed by atoms with Crippen LogP contribution in [0.3, 0.4) is 0 Å². The molecular weight excluding hydrogens is 390 g/mol. The Morgan fingerprint density at radius 1 is 0.968 bits per heavy atom. The lowest BCUT2D eigenvalue weighted by Gasteiger charge is -2.37. The van der Waals surface area contributed by atoms with E-state index in [0.29, 0.717) is 28.8 Å². The minimum absolute atomic E-state index is 0.125. The van der Waals surface area contributed by atoms with Gasteiger partial charge in [-0.2, -0.15) is 0 Å². The maximum Gasteiger partial charge on any atom is 0.343 e. The Hall–Kier alpha value is -3.21. The lowest BCUT2D eigenvalue weighted by molar-refractivity contribution is -0.124. The molecule has 0 spiro atoms. The molecule has 4 aliphatic carbocycles. The standard InChI is InChI=1S/C26H23NO4/c1-2-14-6-8-17(9-7-14)31-26(30)15-4-3-5-16(12-15)27-24(28)22-18-10-11-19(21-13-20(18)21)23(22)25(27)29/h3-12,18-23H,2,13H2,1H3/t18-,19-,20-,21+,22-,23+/m0/s1. The van der Waals surface area contributed by atoms with Gasteiger partial charge in [-0.05, 0) is 72.4 Å². The first kappa shape index (κ1) is 18.6. The van der Waals surface area contributed by atoms with Crippen molar-refractivity contribution in [2.24, 2.45) is 35.5 Å². The summed E-state index contributed by atoms with van der Waals surface area (Å²) in [6.07, 6.45) is 6.36. The van der Waals surface area contributed by atoms with E-state index in [0.717, 1.165) is 18.4 Å². The van der Waals surface area contributed by atoms with Crippen molar-refractivity contribution < 1.29 is 19.1 Å². The highest BCUT2D eigenvalue weighted by Crippen LogP contribution is 2.65. The highest BCUT2D eigenvalue weighted by atomic mass is 16.5. The van der Waals surface area contributed by atoms with Crippen molar-refractivity contribution in [3.05, 3.63) is 71.8 Å². The van der Waals surface area contributed by atoms with Gasteiger partial charge in [-0.25, -0.2) is 9.69 Å². The Morgan fingerprint density at radius 2 is 1.61 bits per heavy atom. The van der Waals surface area contributed by atoms with Gasteiger partial charge in [0.25, 0.3) is 0 Å². The number of carbonyl (C=O) groups excluding carboxylic acids is 3. The molecule has 156 valence electrons. The number of carbonyl (C=O) groups is 3. The highest BCUT2D eigenvalue weighted by molar-refractivity contribution is 6.23. The van der Waals surface area contributed by atoms with Gasteiger partial charge >= 0.3 is 5.97 Å². The summed E-state index contributed by atoms with van der Waals surface area (Å²) in [6.45, 7) is 2.06. The first-order chi connectivity index (χ1) is 15.1. The van der Waals surface area contributed by atoms with E-state index in [4.69, 9.17) is 4.74 Å². The van der Waals surface area contributed by atoms with Gasteiger partial charge in [0.15, 0.2) is 0 Å². The number of imide groups is 1. The molecule has 1 saturated heterocycles. The van der Waals surface area contributed by atoms with Crippen molar-refractivity contribution in [1.82, 2.24) is 0 Å². The van der Waals surface area contributed by atoms with Crippen LogP contribution in [0.15, 0.2) is 60.7 Å². The molecule has 6 atom stereocenters. The first-order valence-corrected chi connectivity index (χ1v) is 11.0. The number of hydrogen-bond donors (Lipinski definition) is 0. The predicted molar refractivity (Wildman–Crippen MR) is 114 cm³/mol. The van der Waals surface area contributed by atoms with E-state index >= 15 is 0 Å². The lowest BCUT2D eigenvalue weighted by Crippen LogP contribution is -2.40. The molecule has 3 fully saturated rings. The Bertz CT molecular complexity index is 1100. The summed E-state index contributed by atoms with van der Waals surface area (Å²) in [4.78, 5) is 40.6. The van der Waals surface area contributed by atoms with Crippen LogP contribution in [0.5, 0.6) is 5.75 Å². The summed E-state index contributed by atoms with van der Waals surface area (Å²) < 4.78 is 5.49. The van der Waals surface area contributed by atoms with Gasteiger partial charge in [0, 0.05) is 0 Å². The fourth-order valence-electron chi connectivity index (χ4n) is 5.94. The number of aryl methyl sites for hydroxylation is 1. The van der Waals surface area contributed by atoms with Crippen molar-refractivity contribution in [3.63, 3.8) is 0 Å². The molecule has 2 aromatic carbocycles. The van der Waals surface area contributed by atoms with E-state index in [1.165, 1.54) is 4.90 Å². The third-order valence-corrected chi connectivity index (χ3v) is 7.55. The number of nitrogens with zero attached hydrogens (tertiary/aromatic N) is 1. The molecule has 5 nitrogen and oxygen atoms in total. The van der Waals surface area contributed by atoms with E-state index in [-0.39, 0.29) is 35.5 Å². The summed E-state index contributed by atoms with van der Waals surface area (Å²) in [6, 6.07) is 14.0. The van der Waals surface area contributed by atoms with Gasteiger partial charge in [-0.1, -0.05) is 37.3 Å². The quantitative estimate of drug-likeness (QED) is 0.329. The van der Waals surface area contributed by atoms with E-state index in [2.05, 4.69) is 19.1 Å². The number of hydrogen-bond acceptors (Lipinski definition) is 4. The molecule has 2 saturated carbocycles. The second-order valence-electron chi connectivity index (χ2n) is 9.10. The zero-order chi connectivity index (χ0) is 21.3. The van der Waals surface area contributed by atoms with E-state index in [9.17, 15) is 14.4 Å². The second kappa shape index (κ2) is 6.64. The smallest absolute Gasteiger partial charge is 0.343 e. The Kier molecular flexibility index (Phi) is 3.98. The summed E-state index contributed by atoms with van der Waals surface area (Å²) in [5, 5.41) is 0. The number of benzene rings is 2. The van der Waals surface area contributed by atoms with Crippen molar-refractivity contribution in [3.8, 4) is 5.75 Å². The molecule has 2 aromatic rings. The molecule has 1 heterocycles. The largest absolute Gasteiger partial charge is 0.423 e. The Balaban J connectivity index is 1.26. The van der Waals surface area contributed by atoms with Gasteiger partial charge in [-0.3, -0.25) is 9.59 Å². The zero-order valence-electron chi connectivity index (χ0n) is 17.2. The van der Waals surface area contributed by atoms with E-state index in [1.807, 2.05) is 12.1 Å². The number of rotatable bonds is 4. The maximum atomic E-state index is 13.3. The second-order valence-corrected chi connectivity index (χ2v) is 9.10. The van der Waals surface area contributed by atoms with Crippen molar-refractivity contribution >= 4 is 23.5 Å². The molecule has 5 heteroatoms. The fourth-order valence-corrected chi connectivity index (χ4v) is 5.94. The molecule has 0 aromatic heterocycles. The average Bonchev–Trinajstić information content (AvgIpc) is 3.57. The maximum absolute atomic E-state index is 13.3. The minimum Gasteiger partial charge on any atom is -0.423 e. The number of ether oxygens (including phenoxy) is 1. The van der Waals surface area contributed by atoms with Gasteiger partial charge in [0.05, 0.1) is 23.1 Å². The molecule has 2 amide bonds. The highest BCUT2D eigenvalue weighted by Gasteiger charge is 2.67. The van der Waals surface area contributed by atoms with Crippen molar-refractivity contribution in [2.45, 2.75) is 19.8 Å². The number of esters is 1. The topological polar surface area (TPSA) is 63.7 Å². The normalized spacial score (nSPS) is 32.1. The average molecular weight is 413 g/mol. The Morgan fingerprint density at radius 3 is 2.23 bits per heavy atom. The molecule has 0 unspecified atom stereocenters. The lowest BCUT2D eigenvalue weighted by atomic mass is 9.63. The molecule has 0 radical (unpaired) electrons. The van der Waals surface area contributed by atoms with Crippen LogP contribution in [-0.2, 0) is 16.0 Å². The van der Waals surface area contributed by atoms with Gasteiger partial charge in [-0.15, -0.1) is 0 Å². The molecular formula is C26H23NO4. The third kappa shape index (κ3) is 2.72. The van der Waals surface area contributed by atoms with Crippen LogP contribution < -0.4 is 9.64 Å². The van der Waals surface area contributed by atoms with Crippen LogP contribution in [0.2, 0.25) is 0 Å². The van der Waals surface area contributed by atoms with Gasteiger partial charge in [0.1, 0.15) is 5.75 Å². The van der Waals surface area contributed by atoms with Crippen LogP contribution in [-0.4, -0.2) is 17.8 Å². The molecule has 0 N–H and O–H groups in total. The molecule has 2 bridgehead atoms. The van der Waals surface area contributed by atoms with Crippen molar-refractivity contribution in [2.75, 3.05) is 4.90 Å². The van der Waals surface area contributed by atoms with Crippen LogP contribution in [0.1, 0.15) is 29.3 Å². The third-order valence-electron chi connectivity index (χ3n) is 7.55. The fraction of sp³-hybridized carbons (Fsp3) is 0.346. The Labute approximate surface area is 180 Å². The van der Waals surface area contributed by atoms with E-state index < -0.39 is 5.97 Å². The number of allylic oxidation sites excluding steroid dienone is 2. The van der Waals surface area contributed by atoms with Crippen molar-refractivity contribution in [1.29, 1.82) is 0 Å². The SMILES string of the molecule is CCc1ccc(OC(=O)c2cccc(N3C(=O)[C@@H]4[C@H]5C=C[C@@H]([C@@H]6C[C@H]56)[C@@H]4C3=O)c2)cc1. The van der Waals surface area contributed by atoms with Gasteiger partial charge < -0.3 is 4.74 Å². The van der Waals surface area contributed by atoms with Crippen LogP contribution >= 0.6 is 0 Å².